The molecule has 0 bridgehead atoms. The summed E-state index contributed by atoms with van der Waals surface area (Å²) in [6.07, 6.45) is 0. The van der Waals surface area contributed by atoms with Gasteiger partial charge in [-0.25, -0.2) is 0 Å². The SMILES string of the molecule is CC(c1ccccc1)N1CCN=C1NCc1ccccc1. The maximum absolute atomic E-state index is 4.61. The smallest absolute Gasteiger partial charge is 0.194 e. The lowest BCUT2D eigenvalue weighted by Crippen LogP contribution is -2.39. The fraction of sp³-hybridized carbons (Fsp3) is 0.278. The molecule has 21 heavy (non-hydrogen) atoms. The van der Waals surface area contributed by atoms with Crippen molar-refractivity contribution in [3.8, 4) is 0 Å². The molecule has 3 heteroatoms. The fourth-order valence-electron chi connectivity index (χ4n) is 2.68. The predicted molar refractivity (Wildman–Crippen MR) is 87.1 cm³/mol. The molecule has 1 N–H and O–H groups in total. The van der Waals surface area contributed by atoms with Gasteiger partial charge < -0.3 is 10.2 Å². The van der Waals surface area contributed by atoms with Gasteiger partial charge in [-0.15, -0.1) is 0 Å². The standard InChI is InChI=1S/C18H21N3/c1-15(17-10-6-3-7-11-17)21-13-12-19-18(21)20-14-16-8-4-2-5-9-16/h2-11,15H,12-14H2,1H3,(H,19,20). The van der Waals surface area contributed by atoms with Crippen LogP contribution in [0.5, 0.6) is 0 Å². The summed E-state index contributed by atoms with van der Waals surface area (Å²) in [6.45, 7) is 4.90. The van der Waals surface area contributed by atoms with Crippen molar-refractivity contribution in [1.29, 1.82) is 0 Å². The minimum atomic E-state index is 0.343. The lowest BCUT2D eigenvalue weighted by Gasteiger charge is -2.28. The van der Waals surface area contributed by atoms with Crippen molar-refractivity contribution in [3.63, 3.8) is 0 Å². The molecule has 0 radical (unpaired) electrons. The van der Waals surface area contributed by atoms with Crippen LogP contribution in [0.2, 0.25) is 0 Å². The third-order valence-electron chi connectivity index (χ3n) is 3.92. The van der Waals surface area contributed by atoms with E-state index in [1.807, 2.05) is 6.07 Å². The Kier molecular flexibility index (Phi) is 4.20. The molecule has 2 aromatic carbocycles. The van der Waals surface area contributed by atoms with Crippen molar-refractivity contribution in [1.82, 2.24) is 10.2 Å². The van der Waals surface area contributed by atoms with Gasteiger partial charge in [-0.05, 0) is 18.1 Å². The van der Waals surface area contributed by atoms with Gasteiger partial charge in [-0.3, -0.25) is 4.99 Å². The van der Waals surface area contributed by atoms with E-state index in [2.05, 4.69) is 76.7 Å². The molecule has 3 rings (SSSR count). The molecule has 0 saturated heterocycles. The first kappa shape index (κ1) is 13.7. The topological polar surface area (TPSA) is 27.6 Å². The van der Waals surface area contributed by atoms with E-state index in [0.29, 0.717) is 6.04 Å². The average Bonchev–Trinajstić information content (AvgIpc) is 3.02. The van der Waals surface area contributed by atoms with Crippen LogP contribution in [0.15, 0.2) is 65.7 Å². The molecule has 0 saturated carbocycles. The third-order valence-corrected chi connectivity index (χ3v) is 3.92. The van der Waals surface area contributed by atoms with Crippen molar-refractivity contribution in [2.75, 3.05) is 13.1 Å². The van der Waals surface area contributed by atoms with Crippen molar-refractivity contribution >= 4 is 5.96 Å². The van der Waals surface area contributed by atoms with Gasteiger partial charge in [0.1, 0.15) is 0 Å². The Hall–Kier alpha value is -2.29. The molecule has 0 amide bonds. The summed E-state index contributed by atoms with van der Waals surface area (Å²) in [5.41, 5.74) is 2.60. The number of nitrogens with one attached hydrogen (secondary N) is 1. The van der Waals surface area contributed by atoms with Crippen molar-refractivity contribution in [2.45, 2.75) is 19.5 Å². The van der Waals surface area contributed by atoms with E-state index in [0.717, 1.165) is 25.6 Å². The van der Waals surface area contributed by atoms with Crippen molar-refractivity contribution < 1.29 is 0 Å². The Morgan fingerprint density at radius 3 is 2.43 bits per heavy atom. The van der Waals surface area contributed by atoms with Crippen LogP contribution in [0, 0.1) is 0 Å². The average molecular weight is 279 g/mol. The van der Waals surface area contributed by atoms with Gasteiger partial charge in [0.05, 0.1) is 12.6 Å². The number of nitrogens with zero attached hydrogens (tertiary/aromatic N) is 2. The Morgan fingerprint density at radius 1 is 1.05 bits per heavy atom. The van der Waals surface area contributed by atoms with Crippen LogP contribution < -0.4 is 5.32 Å². The number of hydrogen-bond donors (Lipinski definition) is 1. The second-order valence-electron chi connectivity index (χ2n) is 5.32. The highest BCUT2D eigenvalue weighted by molar-refractivity contribution is 5.81. The van der Waals surface area contributed by atoms with E-state index in [1.165, 1.54) is 11.1 Å². The summed E-state index contributed by atoms with van der Waals surface area (Å²) in [6, 6.07) is 21.4. The second kappa shape index (κ2) is 6.44. The van der Waals surface area contributed by atoms with E-state index >= 15 is 0 Å². The number of guanidine groups is 1. The maximum atomic E-state index is 4.61. The van der Waals surface area contributed by atoms with E-state index in [4.69, 9.17) is 0 Å². The first-order valence-corrected chi connectivity index (χ1v) is 7.48. The van der Waals surface area contributed by atoms with Gasteiger partial charge in [0, 0.05) is 13.1 Å². The normalized spacial score (nSPS) is 15.7. The van der Waals surface area contributed by atoms with Gasteiger partial charge in [0.25, 0.3) is 0 Å². The lowest BCUT2D eigenvalue weighted by atomic mass is 10.1. The Bertz CT molecular complexity index is 592. The summed E-state index contributed by atoms with van der Waals surface area (Å²) in [5.74, 6) is 1.01. The molecule has 1 heterocycles. The number of benzene rings is 2. The summed E-state index contributed by atoms with van der Waals surface area (Å²) in [7, 11) is 0. The highest BCUT2D eigenvalue weighted by Crippen LogP contribution is 2.21. The van der Waals surface area contributed by atoms with Crippen molar-refractivity contribution in [3.05, 3.63) is 71.8 Å². The largest absolute Gasteiger partial charge is 0.352 e. The molecule has 0 aromatic heterocycles. The van der Waals surface area contributed by atoms with Gasteiger partial charge in [0.2, 0.25) is 0 Å². The quantitative estimate of drug-likeness (QED) is 0.930. The van der Waals surface area contributed by atoms with Gasteiger partial charge in [-0.2, -0.15) is 0 Å². The molecule has 1 aliphatic heterocycles. The molecular formula is C18H21N3. The van der Waals surface area contributed by atoms with Gasteiger partial charge >= 0.3 is 0 Å². The first-order valence-electron chi connectivity index (χ1n) is 7.48. The van der Waals surface area contributed by atoms with Crippen LogP contribution in [0.25, 0.3) is 0 Å². The van der Waals surface area contributed by atoms with Crippen molar-refractivity contribution in [2.24, 2.45) is 4.99 Å². The minimum absolute atomic E-state index is 0.343. The minimum Gasteiger partial charge on any atom is -0.352 e. The fourth-order valence-corrected chi connectivity index (χ4v) is 2.68. The zero-order valence-corrected chi connectivity index (χ0v) is 12.4. The van der Waals surface area contributed by atoms with Gasteiger partial charge in [-0.1, -0.05) is 60.7 Å². The number of hydrogen-bond acceptors (Lipinski definition) is 3. The van der Waals surface area contributed by atoms with E-state index in [1.54, 1.807) is 0 Å². The number of aliphatic imine (C=N–C) groups is 1. The molecule has 1 aliphatic rings. The predicted octanol–water partition coefficient (Wildman–Crippen LogP) is 3.21. The Labute approximate surface area is 126 Å². The van der Waals surface area contributed by atoms with Crippen LogP contribution in [0.4, 0.5) is 0 Å². The molecule has 0 fully saturated rings. The molecule has 3 nitrogen and oxygen atoms in total. The molecule has 1 unspecified atom stereocenters. The highest BCUT2D eigenvalue weighted by Gasteiger charge is 2.22. The molecule has 0 spiro atoms. The second-order valence-corrected chi connectivity index (χ2v) is 5.32. The monoisotopic (exact) mass is 279 g/mol. The van der Waals surface area contributed by atoms with Crippen LogP contribution in [-0.2, 0) is 6.54 Å². The molecule has 0 aliphatic carbocycles. The highest BCUT2D eigenvalue weighted by atomic mass is 15.3. The first-order chi connectivity index (χ1) is 10.3. The Morgan fingerprint density at radius 2 is 1.71 bits per heavy atom. The van der Waals surface area contributed by atoms with Crippen LogP contribution in [-0.4, -0.2) is 23.9 Å². The van der Waals surface area contributed by atoms with E-state index in [9.17, 15) is 0 Å². The number of rotatable bonds is 4. The zero-order valence-electron chi connectivity index (χ0n) is 12.4. The van der Waals surface area contributed by atoms with Crippen LogP contribution in [0.1, 0.15) is 24.1 Å². The van der Waals surface area contributed by atoms with Crippen LogP contribution in [0.3, 0.4) is 0 Å². The van der Waals surface area contributed by atoms with Gasteiger partial charge in [0.15, 0.2) is 5.96 Å². The van der Waals surface area contributed by atoms with Crippen LogP contribution >= 0.6 is 0 Å². The van der Waals surface area contributed by atoms with E-state index < -0.39 is 0 Å². The Balaban J connectivity index is 1.65. The molecule has 1 atom stereocenters. The summed E-state index contributed by atoms with van der Waals surface area (Å²) >= 11 is 0. The third kappa shape index (κ3) is 3.24. The van der Waals surface area contributed by atoms with E-state index in [-0.39, 0.29) is 0 Å². The molecule has 108 valence electrons. The molecular weight excluding hydrogens is 258 g/mol. The summed E-state index contributed by atoms with van der Waals surface area (Å²) in [4.78, 5) is 6.96. The maximum Gasteiger partial charge on any atom is 0.194 e. The molecule has 2 aromatic rings. The summed E-state index contributed by atoms with van der Waals surface area (Å²) in [5, 5.41) is 3.47. The zero-order chi connectivity index (χ0) is 14.5. The lowest BCUT2D eigenvalue weighted by molar-refractivity contribution is 0.355. The summed E-state index contributed by atoms with van der Waals surface area (Å²) < 4.78 is 0.